The molecule has 0 amide bonds. The Bertz CT molecular complexity index is 449. The van der Waals surface area contributed by atoms with Crippen LogP contribution in [0.5, 0.6) is 0 Å². The molecule has 1 fully saturated rings. The molecule has 0 N–H and O–H groups in total. The van der Waals surface area contributed by atoms with E-state index in [0.717, 1.165) is 19.3 Å². The number of aryl methyl sites for hydroxylation is 1. The van der Waals surface area contributed by atoms with Gasteiger partial charge in [-0.3, -0.25) is 4.79 Å². The lowest BCUT2D eigenvalue weighted by atomic mass is 9.75. The minimum atomic E-state index is 0.195. The molecule has 1 aromatic carbocycles. The Kier molecular flexibility index (Phi) is 3.23. The fourth-order valence-corrected chi connectivity index (χ4v) is 3.88. The van der Waals surface area contributed by atoms with Gasteiger partial charge in [-0.25, -0.2) is 0 Å². The van der Waals surface area contributed by atoms with Crippen molar-refractivity contribution in [2.45, 2.75) is 51.4 Å². The lowest BCUT2D eigenvalue weighted by Gasteiger charge is -2.27. The molecule has 0 bridgehead atoms. The molecule has 0 aromatic heterocycles. The first-order chi connectivity index (χ1) is 8.77. The number of fused-ring (bicyclic) bond motifs is 1. The van der Waals surface area contributed by atoms with Crippen molar-refractivity contribution in [3.63, 3.8) is 0 Å². The zero-order valence-corrected chi connectivity index (χ0v) is 11.2. The van der Waals surface area contributed by atoms with Gasteiger partial charge in [-0.2, -0.15) is 0 Å². The van der Waals surface area contributed by atoms with E-state index in [1.54, 1.807) is 0 Å². The van der Waals surface area contributed by atoms with E-state index in [1.165, 1.54) is 30.4 Å². The summed E-state index contributed by atoms with van der Waals surface area (Å²) < 4.78 is 0. The molecule has 2 aliphatic carbocycles. The fraction of sp³-hybridized carbons (Fsp3) is 0.588. The molecule has 1 nitrogen and oxygen atoms in total. The van der Waals surface area contributed by atoms with E-state index in [4.69, 9.17) is 0 Å². The van der Waals surface area contributed by atoms with Crippen LogP contribution in [0.3, 0.4) is 0 Å². The minimum Gasteiger partial charge on any atom is -0.299 e. The van der Waals surface area contributed by atoms with Crippen molar-refractivity contribution in [1.29, 1.82) is 0 Å². The van der Waals surface area contributed by atoms with Crippen LogP contribution in [0.1, 0.15) is 56.1 Å². The highest BCUT2D eigenvalue weighted by atomic mass is 16.1. The molecule has 2 aliphatic rings. The molecule has 3 rings (SSSR count). The summed E-state index contributed by atoms with van der Waals surface area (Å²) in [5.74, 6) is 1.67. The van der Waals surface area contributed by atoms with Gasteiger partial charge in [0, 0.05) is 11.8 Å². The quantitative estimate of drug-likeness (QED) is 0.762. The SMILES string of the molecule is CC1CCCC1C(=O)C1CCCc2ccccc21. The van der Waals surface area contributed by atoms with Gasteiger partial charge >= 0.3 is 0 Å². The van der Waals surface area contributed by atoms with Gasteiger partial charge < -0.3 is 0 Å². The van der Waals surface area contributed by atoms with Crippen LogP contribution in [0.2, 0.25) is 0 Å². The molecule has 0 spiro atoms. The summed E-state index contributed by atoms with van der Waals surface area (Å²) in [4.78, 5) is 12.8. The van der Waals surface area contributed by atoms with E-state index in [-0.39, 0.29) is 5.92 Å². The van der Waals surface area contributed by atoms with E-state index in [2.05, 4.69) is 31.2 Å². The third-order valence-electron chi connectivity index (χ3n) is 4.94. The molecule has 1 saturated carbocycles. The van der Waals surface area contributed by atoms with Crippen LogP contribution in [0.25, 0.3) is 0 Å². The van der Waals surface area contributed by atoms with Crippen LogP contribution in [0, 0.1) is 11.8 Å². The van der Waals surface area contributed by atoms with Gasteiger partial charge in [-0.05, 0) is 49.1 Å². The summed E-state index contributed by atoms with van der Waals surface area (Å²) in [5, 5.41) is 0. The first-order valence-electron chi connectivity index (χ1n) is 7.39. The molecular weight excluding hydrogens is 220 g/mol. The van der Waals surface area contributed by atoms with E-state index in [9.17, 15) is 4.79 Å². The van der Waals surface area contributed by atoms with Gasteiger partial charge in [0.1, 0.15) is 5.78 Å². The Morgan fingerprint density at radius 1 is 1.11 bits per heavy atom. The van der Waals surface area contributed by atoms with Crippen LogP contribution in [-0.2, 0) is 11.2 Å². The van der Waals surface area contributed by atoms with Crippen LogP contribution in [-0.4, -0.2) is 5.78 Å². The number of benzene rings is 1. The lowest BCUT2D eigenvalue weighted by Crippen LogP contribution is -2.26. The molecule has 0 saturated heterocycles. The Morgan fingerprint density at radius 3 is 2.72 bits per heavy atom. The van der Waals surface area contributed by atoms with E-state index in [0.29, 0.717) is 17.6 Å². The zero-order valence-electron chi connectivity index (χ0n) is 11.2. The van der Waals surface area contributed by atoms with Crippen molar-refractivity contribution in [3.8, 4) is 0 Å². The van der Waals surface area contributed by atoms with Gasteiger partial charge in [-0.1, -0.05) is 37.6 Å². The maximum Gasteiger partial charge on any atom is 0.143 e. The maximum atomic E-state index is 12.8. The molecule has 0 aliphatic heterocycles. The lowest BCUT2D eigenvalue weighted by molar-refractivity contribution is -0.125. The van der Waals surface area contributed by atoms with E-state index >= 15 is 0 Å². The standard InChI is InChI=1S/C17H22O/c1-12-6-4-10-14(12)17(18)16-11-5-8-13-7-2-3-9-15(13)16/h2-3,7,9,12,14,16H,4-6,8,10-11H2,1H3. The number of hydrogen-bond donors (Lipinski definition) is 0. The molecule has 0 radical (unpaired) electrons. The summed E-state index contributed by atoms with van der Waals surface area (Å²) in [5.41, 5.74) is 2.74. The predicted molar refractivity (Wildman–Crippen MR) is 73.6 cm³/mol. The molecule has 3 unspecified atom stereocenters. The number of carbonyl (C=O) groups is 1. The summed E-state index contributed by atoms with van der Waals surface area (Å²) in [6.07, 6.45) is 7.00. The van der Waals surface area contributed by atoms with Crippen LogP contribution >= 0.6 is 0 Å². The van der Waals surface area contributed by atoms with Crippen molar-refractivity contribution in [1.82, 2.24) is 0 Å². The number of ketones is 1. The number of rotatable bonds is 2. The van der Waals surface area contributed by atoms with E-state index in [1.807, 2.05) is 0 Å². The minimum absolute atomic E-state index is 0.195. The highest BCUT2D eigenvalue weighted by Crippen LogP contribution is 2.40. The van der Waals surface area contributed by atoms with E-state index < -0.39 is 0 Å². The van der Waals surface area contributed by atoms with Crippen molar-refractivity contribution in [3.05, 3.63) is 35.4 Å². The fourth-order valence-electron chi connectivity index (χ4n) is 3.88. The predicted octanol–water partition coefficient (Wildman–Crippen LogP) is 4.11. The molecule has 1 aromatic rings. The third-order valence-corrected chi connectivity index (χ3v) is 4.94. The summed E-state index contributed by atoms with van der Waals surface area (Å²) >= 11 is 0. The van der Waals surface area contributed by atoms with Gasteiger partial charge in [0.15, 0.2) is 0 Å². The number of carbonyl (C=O) groups excluding carboxylic acids is 1. The van der Waals surface area contributed by atoms with Gasteiger partial charge in [0.2, 0.25) is 0 Å². The van der Waals surface area contributed by atoms with Crippen LogP contribution in [0.15, 0.2) is 24.3 Å². The summed E-state index contributed by atoms with van der Waals surface area (Å²) in [6.45, 7) is 2.25. The molecule has 96 valence electrons. The molecule has 3 atom stereocenters. The summed E-state index contributed by atoms with van der Waals surface area (Å²) in [7, 11) is 0. The second kappa shape index (κ2) is 4.87. The van der Waals surface area contributed by atoms with Crippen LogP contribution in [0.4, 0.5) is 0 Å². The Morgan fingerprint density at radius 2 is 1.94 bits per heavy atom. The summed E-state index contributed by atoms with van der Waals surface area (Å²) in [6, 6.07) is 8.57. The first-order valence-corrected chi connectivity index (χ1v) is 7.39. The highest BCUT2D eigenvalue weighted by molar-refractivity contribution is 5.88. The normalized spacial score (nSPS) is 31.1. The zero-order chi connectivity index (χ0) is 12.5. The highest BCUT2D eigenvalue weighted by Gasteiger charge is 2.36. The Balaban J connectivity index is 1.87. The average molecular weight is 242 g/mol. The largest absolute Gasteiger partial charge is 0.299 e. The second-order valence-electron chi connectivity index (χ2n) is 6.06. The molecule has 0 heterocycles. The van der Waals surface area contributed by atoms with Gasteiger partial charge in [0.05, 0.1) is 0 Å². The number of Topliss-reactive ketones (excluding diaryl/α,β-unsaturated/α-hetero) is 1. The van der Waals surface area contributed by atoms with Crippen LogP contribution < -0.4 is 0 Å². The Hall–Kier alpha value is -1.11. The van der Waals surface area contributed by atoms with Crippen molar-refractivity contribution < 1.29 is 4.79 Å². The van der Waals surface area contributed by atoms with Gasteiger partial charge in [0.25, 0.3) is 0 Å². The van der Waals surface area contributed by atoms with Gasteiger partial charge in [-0.15, -0.1) is 0 Å². The topological polar surface area (TPSA) is 17.1 Å². The number of hydrogen-bond acceptors (Lipinski definition) is 1. The smallest absolute Gasteiger partial charge is 0.143 e. The van der Waals surface area contributed by atoms with Crippen molar-refractivity contribution in [2.75, 3.05) is 0 Å². The third kappa shape index (κ3) is 2.00. The molecular formula is C17H22O. The maximum absolute atomic E-state index is 12.8. The second-order valence-corrected chi connectivity index (χ2v) is 6.06. The van der Waals surface area contributed by atoms with Crippen molar-refractivity contribution >= 4 is 5.78 Å². The molecule has 18 heavy (non-hydrogen) atoms. The monoisotopic (exact) mass is 242 g/mol. The average Bonchev–Trinajstić information content (AvgIpc) is 2.83. The van der Waals surface area contributed by atoms with Crippen molar-refractivity contribution in [2.24, 2.45) is 11.8 Å². The Labute approximate surface area is 110 Å². The molecule has 1 heteroatoms. The first kappa shape index (κ1) is 12.0.